The van der Waals surface area contributed by atoms with Gasteiger partial charge < -0.3 is 10.1 Å². The predicted octanol–water partition coefficient (Wildman–Crippen LogP) is 1.45. The number of hydrogen-bond acceptors (Lipinski definition) is 4. The highest BCUT2D eigenvalue weighted by molar-refractivity contribution is 7.88. The standard InChI is InChI=1S/C14H30N2O3S/c1-3-4-10-19-11-6-8-15-12-14-7-5-9-16(13-14)20(2,17)18/h14-15H,3-13H2,1-2H3. The highest BCUT2D eigenvalue weighted by Gasteiger charge is 2.25. The summed E-state index contributed by atoms with van der Waals surface area (Å²) in [6, 6.07) is 0. The average Bonchev–Trinajstić information content (AvgIpc) is 2.41. The molecule has 1 unspecified atom stereocenters. The number of ether oxygens (including phenoxy) is 1. The van der Waals surface area contributed by atoms with Gasteiger partial charge in [0, 0.05) is 26.3 Å². The maximum absolute atomic E-state index is 11.5. The Morgan fingerprint density at radius 3 is 2.75 bits per heavy atom. The largest absolute Gasteiger partial charge is 0.381 e. The summed E-state index contributed by atoms with van der Waals surface area (Å²) < 4.78 is 30.2. The molecule has 0 aromatic carbocycles. The summed E-state index contributed by atoms with van der Waals surface area (Å²) in [7, 11) is -3.02. The summed E-state index contributed by atoms with van der Waals surface area (Å²) >= 11 is 0. The topological polar surface area (TPSA) is 58.6 Å². The number of piperidine rings is 1. The van der Waals surface area contributed by atoms with Gasteiger partial charge in [0.2, 0.25) is 10.0 Å². The number of rotatable bonds is 10. The van der Waals surface area contributed by atoms with E-state index in [2.05, 4.69) is 12.2 Å². The molecule has 120 valence electrons. The van der Waals surface area contributed by atoms with E-state index in [1.807, 2.05) is 0 Å². The number of nitrogens with one attached hydrogen (secondary N) is 1. The Hall–Kier alpha value is -0.170. The molecule has 1 fully saturated rings. The van der Waals surface area contributed by atoms with Crippen LogP contribution in [-0.4, -0.2) is 58.4 Å². The zero-order chi connectivity index (χ0) is 14.8. The first-order chi connectivity index (χ1) is 9.54. The highest BCUT2D eigenvalue weighted by atomic mass is 32.2. The van der Waals surface area contributed by atoms with Gasteiger partial charge >= 0.3 is 0 Å². The van der Waals surface area contributed by atoms with Crippen LogP contribution in [0.1, 0.15) is 39.0 Å². The normalized spacial score (nSPS) is 21.2. The molecular formula is C14H30N2O3S. The molecule has 1 atom stereocenters. The fourth-order valence-corrected chi connectivity index (χ4v) is 3.39. The second kappa shape index (κ2) is 9.71. The first-order valence-corrected chi connectivity index (χ1v) is 9.62. The Balaban J connectivity index is 2.04. The van der Waals surface area contributed by atoms with Crippen molar-refractivity contribution in [1.82, 2.24) is 9.62 Å². The van der Waals surface area contributed by atoms with E-state index >= 15 is 0 Å². The van der Waals surface area contributed by atoms with Crippen LogP contribution < -0.4 is 5.32 Å². The Kier molecular flexibility index (Phi) is 8.68. The van der Waals surface area contributed by atoms with Crippen LogP contribution in [0.5, 0.6) is 0 Å². The molecule has 1 heterocycles. The molecule has 1 rings (SSSR count). The summed E-state index contributed by atoms with van der Waals surface area (Å²) in [6.07, 6.45) is 6.72. The van der Waals surface area contributed by atoms with Crippen molar-refractivity contribution in [2.45, 2.75) is 39.0 Å². The van der Waals surface area contributed by atoms with Gasteiger partial charge in [0.25, 0.3) is 0 Å². The SMILES string of the molecule is CCCCOCCCNCC1CCCN(S(C)(=O)=O)C1. The number of hydrogen-bond donors (Lipinski definition) is 1. The molecule has 1 N–H and O–H groups in total. The van der Waals surface area contributed by atoms with E-state index in [4.69, 9.17) is 4.74 Å². The fourth-order valence-electron chi connectivity index (χ4n) is 2.45. The molecule has 1 saturated heterocycles. The minimum absolute atomic E-state index is 0.444. The Labute approximate surface area is 124 Å². The lowest BCUT2D eigenvalue weighted by molar-refractivity contribution is 0.128. The molecule has 0 saturated carbocycles. The second-order valence-electron chi connectivity index (χ2n) is 5.65. The summed E-state index contributed by atoms with van der Waals surface area (Å²) in [6.45, 7) is 7.03. The van der Waals surface area contributed by atoms with Crippen LogP contribution in [0, 0.1) is 5.92 Å². The van der Waals surface area contributed by atoms with E-state index in [-0.39, 0.29) is 0 Å². The van der Waals surface area contributed by atoms with Crippen molar-refractivity contribution in [3.63, 3.8) is 0 Å². The molecular weight excluding hydrogens is 276 g/mol. The van der Waals surface area contributed by atoms with Crippen molar-refractivity contribution in [3.05, 3.63) is 0 Å². The zero-order valence-electron chi connectivity index (χ0n) is 12.9. The Morgan fingerprint density at radius 2 is 2.05 bits per heavy atom. The minimum Gasteiger partial charge on any atom is -0.381 e. The van der Waals surface area contributed by atoms with Gasteiger partial charge in [-0.2, -0.15) is 0 Å². The number of unbranched alkanes of at least 4 members (excludes halogenated alkanes) is 1. The average molecular weight is 306 g/mol. The van der Waals surface area contributed by atoms with E-state index in [0.29, 0.717) is 19.0 Å². The van der Waals surface area contributed by atoms with E-state index < -0.39 is 10.0 Å². The van der Waals surface area contributed by atoms with E-state index in [0.717, 1.165) is 52.0 Å². The summed E-state index contributed by atoms with van der Waals surface area (Å²) in [5.41, 5.74) is 0. The van der Waals surface area contributed by atoms with Crippen molar-refractivity contribution >= 4 is 10.0 Å². The van der Waals surface area contributed by atoms with Gasteiger partial charge in [0.1, 0.15) is 0 Å². The fraction of sp³-hybridized carbons (Fsp3) is 1.00. The van der Waals surface area contributed by atoms with Gasteiger partial charge in [-0.05, 0) is 44.7 Å². The van der Waals surface area contributed by atoms with Gasteiger partial charge in [-0.15, -0.1) is 0 Å². The third-order valence-corrected chi connectivity index (χ3v) is 4.94. The Morgan fingerprint density at radius 1 is 1.30 bits per heavy atom. The van der Waals surface area contributed by atoms with Gasteiger partial charge in [0.15, 0.2) is 0 Å². The molecule has 1 aliphatic heterocycles. The molecule has 5 nitrogen and oxygen atoms in total. The highest BCUT2D eigenvalue weighted by Crippen LogP contribution is 2.17. The Bertz CT molecular complexity index is 346. The van der Waals surface area contributed by atoms with Crippen LogP contribution in [0.3, 0.4) is 0 Å². The molecule has 20 heavy (non-hydrogen) atoms. The molecule has 0 radical (unpaired) electrons. The molecule has 0 spiro atoms. The van der Waals surface area contributed by atoms with Gasteiger partial charge in [0.05, 0.1) is 6.26 Å². The molecule has 0 bridgehead atoms. The first kappa shape index (κ1) is 17.9. The molecule has 0 amide bonds. The van der Waals surface area contributed by atoms with Crippen molar-refractivity contribution in [2.75, 3.05) is 45.6 Å². The van der Waals surface area contributed by atoms with E-state index in [9.17, 15) is 8.42 Å². The lowest BCUT2D eigenvalue weighted by Gasteiger charge is -2.31. The van der Waals surface area contributed by atoms with Gasteiger partial charge in [-0.1, -0.05) is 13.3 Å². The van der Waals surface area contributed by atoms with Crippen LogP contribution in [0.25, 0.3) is 0 Å². The monoisotopic (exact) mass is 306 g/mol. The van der Waals surface area contributed by atoms with E-state index in [1.165, 1.54) is 12.7 Å². The summed E-state index contributed by atoms with van der Waals surface area (Å²) in [5, 5.41) is 3.42. The first-order valence-electron chi connectivity index (χ1n) is 7.77. The maximum Gasteiger partial charge on any atom is 0.211 e. The quantitative estimate of drug-likeness (QED) is 0.621. The minimum atomic E-state index is -3.02. The second-order valence-corrected chi connectivity index (χ2v) is 7.64. The summed E-state index contributed by atoms with van der Waals surface area (Å²) in [4.78, 5) is 0. The molecule has 1 aliphatic rings. The molecule has 6 heteroatoms. The third-order valence-electron chi connectivity index (χ3n) is 3.67. The number of sulfonamides is 1. The van der Waals surface area contributed by atoms with Crippen molar-refractivity contribution in [3.8, 4) is 0 Å². The van der Waals surface area contributed by atoms with Crippen LogP contribution in [0.4, 0.5) is 0 Å². The van der Waals surface area contributed by atoms with E-state index in [1.54, 1.807) is 4.31 Å². The maximum atomic E-state index is 11.5. The third kappa shape index (κ3) is 7.57. The van der Waals surface area contributed by atoms with Crippen LogP contribution in [0.15, 0.2) is 0 Å². The smallest absolute Gasteiger partial charge is 0.211 e. The zero-order valence-corrected chi connectivity index (χ0v) is 13.8. The molecule has 0 aliphatic carbocycles. The predicted molar refractivity (Wildman–Crippen MR) is 82.4 cm³/mol. The lowest BCUT2D eigenvalue weighted by atomic mass is 10.00. The van der Waals surface area contributed by atoms with Crippen molar-refractivity contribution in [1.29, 1.82) is 0 Å². The van der Waals surface area contributed by atoms with Gasteiger partial charge in [-0.3, -0.25) is 0 Å². The van der Waals surface area contributed by atoms with Crippen LogP contribution in [-0.2, 0) is 14.8 Å². The van der Waals surface area contributed by atoms with Crippen molar-refractivity contribution < 1.29 is 13.2 Å². The molecule has 0 aromatic rings. The number of nitrogens with zero attached hydrogens (tertiary/aromatic N) is 1. The van der Waals surface area contributed by atoms with Crippen molar-refractivity contribution in [2.24, 2.45) is 5.92 Å². The lowest BCUT2D eigenvalue weighted by Crippen LogP contribution is -2.42. The summed E-state index contributed by atoms with van der Waals surface area (Å²) in [5.74, 6) is 0.444. The van der Waals surface area contributed by atoms with Crippen LogP contribution >= 0.6 is 0 Å². The van der Waals surface area contributed by atoms with Gasteiger partial charge in [-0.25, -0.2) is 12.7 Å². The molecule has 0 aromatic heterocycles. The van der Waals surface area contributed by atoms with Crippen LogP contribution in [0.2, 0.25) is 0 Å².